The predicted octanol–water partition coefficient (Wildman–Crippen LogP) is 0.0722. The molecule has 2 aliphatic rings. The number of benzene rings is 1. The number of carboxylic acid groups (broad SMARTS) is 2. The molecule has 5 heterocycles. The molecule has 56 heavy (non-hydrogen) atoms. The molecule has 292 valence electrons. The number of aromatic hydroxyl groups is 2. The van der Waals surface area contributed by atoms with E-state index < -0.39 is 75.6 Å². The summed E-state index contributed by atoms with van der Waals surface area (Å²) in [6.45, 7) is 4.22. The largest absolute Gasteiger partial charge is 0.504 e. The van der Waals surface area contributed by atoms with E-state index in [0.29, 0.717) is 16.3 Å². The number of aromatic nitrogens is 5. The average Bonchev–Trinajstić information content (AvgIpc) is 3.78. The van der Waals surface area contributed by atoms with Crippen LogP contribution < -0.4 is 21.9 Å². The second kappa shape index (κ2) is 15.3. The first-order valence-corrected chi connectivity index (χ1v) is 18.8. The van der Waals surface area contributed by atoms with E-state index in [1.165, 1.54) is 41.6 Å². The van der Waals surface area contributed by atoms with Crippen LogP contribution in [0.25, 0.3) is 5.78 Å². The highest BCUT2D eigenvalue weighted by Gasteiger charge is 2.54. The van der Waals surface area contributed by atoms with E-state index >= 15 is 0 Å². The molecule has 25 heteroatoms. The van der Waals surface area contributed by atoms with Crippen molar-refractivity contribution < 1.29 is 54.0 Å². The molecule has 6 rings (SSSR count). The van der Waals surface area contributed by atoms with E-state index in [2.05, 4.69) is 41.4 Å². The number of fused-ring (bicyclic) bond motifs is 2. The summed E-state index contributed by atoms with van der Waals surface area (Å²) in [7, 11) is 0. The Morgan fingerprint density at radius 3 is 2.48 bits per heavy atom. The Morgan fingerprint density at radius 1 is 1.07 bits per heavy atom. The standard InChI is InChI=1S/C31H29N11O11S3/c1-11-6-17(42-30(33-11)36-21(39-42)27(50)51)54-8-13-9-55-25-19(24(47)41(25)20(13)26(48)49)35-23(46)18(14-10-56-29(32)34-14)40-53-31(2,3)28(52)38-37-22(45)12-4-5-15(43)16(44)7-12/h4-7,10,19,25,43-44H,8-9H2,1-3H3,(H2,32,34)(H,35,46)(H,37,45)(H,38,52)(H,48,49)(H,50,51)/t19?,25-/m1/s1. The minimum Gasteiger partial charge on any atom is -0.504 e. The van der Waals surface area contributed by atoms with Gasteiger partial charge in [-0.15, -0.1) is 40.0 Å². The topological polar surface area (TPSA) is 326 Å². The number of nitrogen functional groups attached to an aromatic ring is 1. The third kappa shape index (κ3) is 7.85. The fourth-order valence-electron chi connectivity index (χ4n) is 5.12. The van der Waals surface area contributed by atoms with Gasteiger partial charge in [-0.05, 0) is 50.6 Å². The molecule has 2 aliphatic heterocycles. The van der Waals surface area contributed by atoms with Crippen molar-refractivity contribution in [2.75, 3.05) is 17.2 Å². The van der Waals surface area contributed by atoms with Crippen molar-refractivity contribution in [1.29, 1.82) is 0 Å². The van der Waals surface area contributed by atoms with Crippen LogP contribution in [0.5, 0.6) is 11.5 Å². The highest BCUT2D eigenvalue weighted by atomic mass is 32.2. The molecule has 1 unspecified atom stereocenters. The van der Waals surface area contributed by atoms with Crippen molar-refractivity contribution >= 4 is 87.0 Å². The first-order valence-electron chi connectivity index (χ1n) is 15.9. The number of aliphatic carboxylic acids is 1. The number of carbonyl (C=O) groups is 6. The second-order valence-corrected chi connectivity index (χ2v) is 15.3. The normalized spacial score (nSPS) is 16.9. The number of amides is 4. The number of nitrogens with two attached hydrogens (primary N) is 1. The van der Waals surface area contributed by atoms with Gasteiger partial charge in [0.05, 0.1) is 0 Å². The van der Waals surface area contributed by atoms with Gasteiger partial charge in [-0.1, -0.05) is 5.16 Å². The van der Waals surface area contributed by atoms with E-state index in [0.717, 1.165) is 40.1 Å². The Hall–Kier alpha value is -6.47. The van der Waals surface area contributed by atoms with Crippen molar-refractivity contribution in [1.82, 2.24) is 45.6 Å². The molecule has 0 radical (unpaired) electrons. The number of phenols is 2. The molecule has 3 aromatic heterocycles. The molecule has 0 aliphatic carbocycles. The molecule has 9 N–H and O–H groups in total. The van der Waals surface area contributed by atoms with Gasteiger partial charge in [0.25, 0.3) is 35.2 Å². The molecule has 0 spiro atoms. The van der Waals surface area contributed by atoms with Gasteiger partial charge in [-0.25, -0.2) is 19.6 Å². The van der Waals surface area contributed by atoms with Gasteiger partial charge in [-0.3, -0.25) is 34.9 Å². The summed E-state index contributed by atoms with van der Waals surface area (Å²) in [4.78, 5) is 95.1. The number of thiazole rings is 1. The Balaban J connectivity index is 1.14. The number of rotatable bonds is 12. The zero-order chi connectivity index (χ0) is 40.6. The molecule has 1 saturated heterocycles. The maximum absolute atomic E-state index is 13.6. The van der Waals surface area contributed by atoms with Crippen LogP contribution in [0.4, 0.5) is 5.13 Å². The van der Waals surface area contributed by atoms with Crippen molar-refractivity contribution in [3.05, 3.63) is 63.7 Å². The molecule has 1 aromatic carbocycles. The van der Waals surface area contributed by atoms with Gasteiger partial charge in [0.1, 0.15) is 27.8 Å². The van der Waals surface area contributed by atoms with Crippen LogP contribution in [-0.2, 0) is 24.0 Å². The summed E-state index contributed by atoms with van der Waals surface area (Å²) in [6, 6.07) is 3.69. The van der Waals surface area contributed by atoms with Crippen LogP contribution in [0.15, 0.2) is 51.1 Å². The second-order valence-electron chi connectivity index (χ2n) is 12.3. The number of hydrogen-bond donors (Lipinski definition) is 8. The fraction of sp³-hybridized carbons (Fsp3) is 0.258. The lowest BCUT2D eigenvalue weighted by Gasteiger charge is -2.49. The van der Waals surface area contributed by atoms with E-state index in [9.17, 15) is 49.2 Å². The van der Waals surface area contributed by atoms with Gasteiger partial charge < -0.3 is 36.3 Å². The number of aryl methyl sites for hydroxylation is 1. The highest BCUT2D eigenvalue weighted by Crippen LogP contribution is 2.41. The van der Waals surface area contributed by atoms with Crippen LogP contribution >= 0.6 is 34.9 Å². The van der Waals surface area contributed by atoms with Crippen LogP contribution in [0.2, 0.25) is 0 Å². The van der Waals surface area contributed by atoms with Crippen LogP contribution in [0, 0.1) is 6.92 Å². The number of hydrogen-bond acceptors (Lipinski definition) is 18. The fourth-order valence-corrected chi connectivity index (χ4v) is 8.20. The Kier molecular flexibility index (Phi) is 10.7. The van der Waals surface area contributed by atoms with Gasteiger partial charge in [0.2, 0.25) is 5.60 Å². The lowest BCUT2D eigenvalue weighted by molar-refractivity contribution is -0.150. The minimum absolute atomic E-state index is 0.0467. The summed E-state index contributed by atoms with van der Waals surface area (Å²) in [6.07, 6.45) is 0. The van der Waals surface area contributed by atoms with Crippen LogP contribution in [0.3, 0.4) is 0 Å². The summed E-state index contributed by atoms with van der Waals surface area (Å²) in [5.41, 5.74) is 8.23. The molecular formula is C31H29N11O11S3. The Morgan fingerprint density at radius 2 is 1.82 bits per heavy atom. The smallest absolute Gasteiger partial charge is 0.375 e. The van der Waals surface area contributed by atoms with Crippen molar-refractivity contribution in [2.24, 2.45) is 5.16 Å². The van der Waals surface area contributed by atoms with E-state index in [-0.39, 0.29) is 39.4 Å². The lowest BCUT2D eigenvalue weighted by atomic mass is 10.0. The molecule has 22 nitrogen and oxygen atoms in total. The number of β-lactam (4-membered cyclic amide) rings is 1. The van der Waals surface area contributed by atoms with E-state index in [1.807, 2.05) is 0 Å². The summed E-state index contributed by atoms with van der Waals surface area (Å²) in [5.74, 6) is -7.37. The zero-order valence-corrected chi connectivity index (χ0v) is 31.5. The number of phenolic OH excluding ortho intramolecular Hbond substituents is 2. The van der Waals surface area contributed by atoms with E-state index in [1.54, 1.807) is 13.0 Å². The predicted molar refractivity (Wildman–Crippen MR) is 196 cm³/mol. The van der Waals surface area contributed by atoms with Crippen LogP contribution in [-0.4, -0.2) is 120 Å². The quantitative estimate of drug-likeness (QED) is 0.0234. The third-order valence-corrected chi connectivity index (χ3v) is 11.0. The van der Waals surface area contributed by atoms with Gasteiger partial charge in [-0.2, -0.15) is 9.50 Å². The number of aromatic carboxylic acids is 1. The Bertz CT molecular complexity index is 2390. The SMILES string of the molecule is Cc1cc(SCC2=C(C(=O)O)N3C(=O)C(NC(=O)C(=NOC(C)(C)C(=O)NNC(=O)c4ccc(O)c(O)c4)c4csc(N)n4)[C@H]3SC2)n2nc(C(=O)O)nc2n1. The number of hydrazine groups is 1. The van der Waals surface area contributed by atoms with Gasteiger partial charge in [0, 0.05) is 28.1 Å². The summed E-state index contributed by atoms with van der Waals surface area (Å²) < 4.78 is 1.23. The Labute approximate surface area is 326 Å². The van der Waals surface area contributed by atoms with Crippen LogP contribution in [0.1, 0.15) is 46.2 Å². The summed E-state index contributed by atoms with van der Waals surface area (Å²) in [5, 5.41) is 50.0. The first kappa shape index (κ1) is 39.2. The molecular weight excluding hydrogens is 799 g/mol. The summed E-state index contributed by atoms with van der Waals surface area (Å²) >= 11 is 3.31. The number of carbonyl (C=O) groups excluding carboxylic acids is 4. The number of nitrogens with one attached hydrogen (secondary N) is 3. The molecule has 4 amide bonds. The average molecular weight is 828 g/mol. The van der Waals surface area contributed by atoms with Gasteiger partial charge >= 0.3 is 11.9 Å². The van der Waals surface area contributed by atoms with Crippen molar-refractivity contribution in [3.8, 4) is 11.5 Å². The molecule has 0 saturated carbocycles. The maximum atomic E-state index is 13.6. The first-order chi connectivity index (χ1) is 26.4. The minimum atomic E-state index is -1.83. The number of thioether (sulfide) groups is 2. The lowest BCUT2D eigenvalue weighted by Crippen LogP contribution is -2.71. The third-order valence-electron chi connectivity index (χ3n) is 7.95. The number of oxime groups is 1. The molecule has 1 fully saturated rings. The monoisotopic (exact) mass is 827 g/mol. The van der Waals surface area contributed by atoms with Gasteiger partial charge in [0.15, 0.2) is 22.3 Å². The molecule has 4 aromatic rings. The van der Waals surface area contributed by atoms with Crippen molar-refractivity contribution in [2.45, 2.75) is 42.8 Å². The molecule has 0 bridgehead atoms. The zero-order valence-electron chi connectivity index (χ0n) is 29.0. The molecule has 2 atom stereocenters. The van der Waals surface area contributed by atoms with Crippen molar-refractivity contribution in [3.63, 3.8) is 0 Å². The highest BCUT2D eigenvalue weighted by molar-refractivity contribution is 8.01. The van der Waals surface area contributed by atoms with E-state index in [4.69, 9.17) is 10.6 Å². The maximum Gasteiger partial charge on any atom is 0.375 e. The number of carboxylic acids is 2. The number of nitrogens with zero attached hydrogens (tertiary/aromatic N) is 7. The number of anilines is 1.